The van der Waals surface area contributed by atoms with Crippen LogP contribution < -0.4 is 0 Å². The summed E-state index contributed by atoms with van der Waals surface area (Å²) in [5.74, 6) is 1.94. The van der Waals surface area contributed by atoms with Gasteiger partial charge in [0.05, 0.1) is 13.0 Å². The topological polar surface area (TPSA) is 71.2 Å². The van der Waals surface area contributed by atoms with Crippen LogP contribution in [0.1, 0.15) is 12.8 Å². The van der Waals surface area contributed by atoms with Gasteiger partial charge >= 0.3 is 5.97 Å². The number of hydrogen-bond donors (Lipinski definition) is 1. The van der Waals surface area contributed by atoms with E-state index in [4.69, 9.17) is 16.3 Å². The van der Waals surface area contributed by atoms with E-state index >= 15 is 0 Å². The first-order chi connectivity index (χ1) is 6.22. The highest BCUT2D eigenvalue weighted by Crippen LogP contribution is 2.27. The number of nitrogens with zero attached hydrogens (tertiary/aromatic N) is 2. The fraction of sp³-hybridized carbons (Fsp3) is 0.625. The number of ether oxygens (including phenoxy) is 1. The lowest BCUT2D eigenvalue weighted by Crippen LogP contribution is -2.25. The standard InChI is InChI=1S/C8H10N2O3/c1-2-3-4-7(12)13-6-8(5-11)9-10-8/h1,11H,3-6H2. The summed E-state index contributed by atoms with van der Waals surface area (Å²) in [4.78, 5) is 10.9. The van der Waals surface area contributed by atoms with Crippen LogP contribution in [0.5, 0.6) is 0 Å². The Kier molecular flexibility index (Phi) is 2.98. The normalized spacial score (nSPS) is 16.3. The van der Waals surface area contributed by atoms with E-state index < -0.39 is 5.66 Å². The van der Waals surface area contributed by atoms with Crippen molar-refractivity contribution in [2.75, 3.05) is 13.2 Å². The van der Waals surface area contributed by atoms with Crippen LogP contribution in [-0.2, 0) is 9.53 Å². The molecule has 1 aliphatic heterocycles. The predicted molar refractivity (Wildman–Crippen MR) is 43.7 cm³/mol. The number of hydrogen-bond acceptors (Lipinski definition) is 5. The number of esters is 1. The summed E-state index contributed by atoms with van der Waals surface area (Å²) in [7, 11) is 0. The van der Waals surface area contributed by atoms with E-state index in [0.29, 0.717) is 6.42 Å². The van der Waals surface area contributed by atoms with Crippen molar-refractivity contribution in [3.8, 4) is 12.3 Å². The summed E-state index contributed by atoms with van der Waals surface area (Å²) >= 11 is 0. The summed E-state index contributed by atoms with van der Waals surface area (Å²) in [5.41, 5.74) is -0.869. The van der Waals surface area contributed by atoms with Crippen LogP contribution in [0.2, 0.25) is 0 Å². The number of carbonyl (C=O) groups is 1. The average molecular weight is 182 g/mol. The molecule has 0 saturated heterocycles. The van der Waals surface area contributed by atoms with Gasteiger partial charge in [-0.05, 0) is 0 Å². The highest BCUT2D eigenvalue weighted by atomic mass is 16.5. The van der Waals surface area contributed by atoms with Gasteiger partial charge in [-0.25, -0.2) is 0 Å². The summed E-state index contributed by atoms with van der Waals surface area (Å²) in [6.07, 6.45) is 5.52. The molecule has 0 radical (unpaired) electrons. The minimum atomic E-state index is -0.869. The van der Waals surface area contributed by atoms with Crippen LogP contribution in [-0.4, -0.2) is 30.0 Å². The molecule has 0 aliphatic carbocycles. The molecule has 0 saturated carbocycles. The van der Waals surface area contributed by atoms with Crippen molar-refractivity contribution in [2.45, 2.75) is 18.5 Å². The lowest BCUT2D eigenvalue weighted by Gasteiger charge is -2.07. The van der Waals surface area contributed by atoms with Gasteiger partial charge in [-0.3, -0.25) is 4.79 Å². The van der Waals surface area contributed by atoms with Gasteiger partial charge < -0.3 is 9.84 Å². The molecule has 0 aromatic carbocycles. The molecule has 0 atom stereocenters. The third-order valence-electron chi connectivity index (χ3n) is 1.57. The third-order valence-corrected chi connectivity index (χ3v) is 1.57. The van der Waals surface area contributed by atoms with E-state index in [1.807, 2.05) is 0 Å². The average Bonchev–Trinajstić information content (AvgIpc) is 2.92. The third kappa shape index (κ3) is 2.84. The Balaban J connectivity index is 2.12. The first-order valence-corrected chi connectivity index (χ1v) is 3.86. The van der Waals surface area contributed by atoms with E-state index in [1.54, 1.807) is 0 Å². The first-order valence-electron chi connectivity index (χ1n) is 3.86. The Morgan fingerprint density at radius 1 is 1.62 bits per heavy atom. The summed E-state index contributed by atoms with van der Waals surface area (Å²) < 4.78 is 4.78. The van der Waals surface area contributed by atoms with E-state index in [2.05, 4.69) is 16.1 Å². The molecule has 0 unspecified atom stereocenters. The highest BCUT2D eigenvalue weighted by molar-refractivity contribution is 5.69. The molecule has 0 amide bonds. The number of aliphatic hydroxyl groups excluding tert-OH is 1. The number of terminal acetylenes is 1. The fourth-order valence-corrected chi connectivity index (χ4v) is 0.680. The summed E-state index contributed by atoms with van der Waals surface area (Å²) in [6.45, 7) is -0.220. The van der Waals surface area contributed by atoms with Crippen LogP contribution in [0.3, 0.4) is 0 Å². The van der Waals surface area contributed by atoms with Crippen molar-refractivity contribution in [1.29, 1.82) is 0 Å². The zero-order valence-corrected chi connectivity index (χ0v) is 7.06. The molecule has 0 aromatic rings. The molecule has 70 valence electrons. The predicted octanol–water partition coefficient (Wildman–Crippen LogP) is 0.0974. The van der Waals surface area contributed by atoms with Crippen molar-refractivity contribution in [1.82, 2.24) is 0 Å². The van der Waals surface area contributed by atoms with Crippen molar-refractivity contribution >= 4 is 5.97 Å². The molecule has 1 rings (SSSR count). The molecule has 0 spiro atoms. The largest absolute Gasteiger partial charge is 0.461 e. The lowest BCUT2D eigenvalue weighted by atomic mass is 10.3. The van der Waals surface area contributed by atoms with Gasteiger partial charge in [0.1, 0.15) is 6.61 Å². The van der Waals surface area contributed by atoms with Gasteiger partial charge in [0, 0.05) is 6.42 Å². The van der Waals surface area contributed by atoms with Gasteiger partial charge in [0.25, 0.3) is 0 Å². The molecular formula is C8H10N2O3. The van der Waals surface area contributed by atoms with Crippen molar-refractivity contribution in [2.24, 2.45) is 10.2 Å². The number of carbonyl (C=O) groups excluding carboxylic acids is 1. The molecule has 5 nitrogen and oxygen atoms in total. The highest BCUT2D eigenvalue weighted by Gasteiger charge is 2.41. The minimum absolute atomic E-state index is 0.00685. The quantitative estimate of drug-likeness (QED) is 0.484. The van der Waals surface area contributed by atoms with Crippen LogP contribution >= 0.6 is 0 Å². The van der Waals surface area contributed by atoms with Crippen LogP contribution in [0.25, 0.3) is 0 Å². The molecule has 5 heteroatoms. The zero-order chi connectivity index (χ0) is 9.73. The molecule has 13 heavy (non-hydrogen) atoms. The van der Waals surface area contributed by atoms with E-state index in [0.717, 1.165) is 0 Å². The molecule has 0 bridgehead atoms. The van der Waals surface area contributed by atoms with Crippen LogP contribution in [0, 0.1) is 12.3 Å². The van der Waals surface area contributed by atoms with Crippen molar-refractivity contribution < 1.29 is 14.6 Å². The van der Waals surface area contributed by atoms with E-state index in [-0.39, 0.29) is 25.6 Å². The van der Waals surface area contributed by atoms with E-state index in [9.17, 15) is 4.79 Å². The SMILES string of the molecule is C#CCCC(=O)OCC1(CO)N=N1. The second-order valence-corrected chi connectivity index (χ2v) is 2.71. The van der Waals surface area contributed by atoms with Crippen LogP contribution in [0.4, 0.5) is 0 Å². The fourth-order valence-electron chi connectivity index (χ4n) is 0.680. The Hall–Kier alpha value is -1.41. The Bertz CT molecular complexity index is 261. The Labute approximate surface area is 75.8 Å². The monoisotopic (exact) mass is 182 g/mol. The molecule has 0 aromatic heterocycles. The Morgan fingerprint density at radius 3 is 2.77 bits per heavy atom. The smallest absolute Gasteiger partial charge is 0.306 e. The maximum absolute atomic E-state index is 10.9. The van der Waals surface area contributed by atoms with Gasteiger partial charge in [0.15, 0.2) is 0 Å². The second-order valence-electron chi connectivity index (χ2n) is 2.71. The van der Waals surface area contributed by atoms with Crippen LogP contribution in [0.15, 0.2) is 10.2 Å². The minimum Gasteiger partial charge on any atom is -0.461 e. The van der Waals surface area contributed by atoms with Gasteiger partial charge in [-0.1, -0.05) is 0 Å². The zero-order valence-electron chi connectivity index (χ0n) is 7.06. The molecule has 0 fully saturated rings. The molecular weight excluding hydrogens is 172 g/mol. The van der Waals surface area contributed by atoms with Crippen molar-refractivity contribution in [3.63, 3.8) is 0 Å². The van der Waals surface area contributed by atoms with Crippen molar-refractivity contribution in [3.05, 3.63) is 0 Å². The maximum atomic E-state index is 10.9. The molecule has 1 heterocycles. The summed E-state index contributed by atoms with van der Waals surface area (Å²) in [5, 5.41) is 15.9. The summed E-state index contributed by atoms with van der Waals surface area (Å²) in [6, 6.07) is 0. The molecule has 1 N–H and O–H groups in total. The lowest BCUT2D eigenvalue weighted by molar-refractivity contribution is -0.144. The molecule has 1 aliphatic rings. The maximum Gasteiger partial charge on any atom is 0.306 e. The van der Waals surface area contributed by atoms with Gasteiger partial charge in [-0.15, -0.1) is 12.3 Å². The number of rotatable bonds is 5. The van der Waals surface area contributed by atoms with Gasteiger partial charge in [0.2, 0.25) is 5.66 Å². The first kappa shape index (κ1) is 9.68. The second kappa shape index (κ2) is 4.01. The number of aliphatic hydroxyl groups is 1. The van der Waals surface area contributed by atoms with E-state index in [1.165, 1.54) is 0 Å². The Morgan fingerprint density at radius 2 is 2.31 bits per heavy atom. The van der Waals surface area contributed by atoms with Gasteiger partial charge in [-0.2, -0.15) is 10.2 Å².